The molecule has 2 rings (SSSR count). The van der Waals surface area contributed by atoms with Gasteiger partial charge >= 0.3 is 0 Å². The maximum atomic E-state index is 6.09. The minimum absolute atomic E-state index is 0.152. The van der Waals surface area contributed by atoms with Crippen molar-refractivity contribution in [1.29, 1.82) is 0 Å². The van der Waals surface area contributed by atoms with Gasteiger partial charge in [-0.15, -0.1) is 0 Å². The monoisotopic (exact) mass is 188 g/mol. The first-order chi connectivity index (χ1) is 6.36. The zero-order chi connectivity index (χ0) is 9.10. The van der Waals surface area contributed by atoms with Gasteiger partial charge < -0.3 is 0 Å². The molecule has 1 aromatic carbocycles. The molecule has 1 saturated heterocycles. The van der Waals surface area contributed by atoms with Crippen LogP contribution < -0.4 is 0 Å². The van der Waals surface area contributed by atoms with Gasteiger partial charge in [-0.05, 0) is 36.6 Å². The molecule has 0 N–H and O–H groups in total. The molecule has 66 valence electrons. The second kappa shape index (κ2) is 4.29. The van der Waals surface area contributed by atoms with Crippen LogP contribution in [0.15, 0.2) is 30.3 Å². The molecule has 0 spiro atoms. The number of hydrogen-bond donors (Lipinski definition) is 0. The van der Waals surface area contributed by atoms with E-state index in [9.17, 15) is 0 Å². The predicted molar refractivity (Wildman–Crippen MR) is 60.7 cm³/mol. The fourth-order valence-electron chi connectivity index (χ4n) is 1.96. The largest absolute Gasteiger partial charge is 0.154 e. The van der Waals surface area contributed by atoms with Crippen LogP contribution in [-0.2, 0) is 6.42 Å². The lowest BCUT2D eigenvalue weighted by molar-refractivity contribution is 0.775. The average molecular weight is 188 g/mol. The molecule has 1 aromatic rings. The minimum Gasteiger partial charge on any atom is -0.154 e. The summed E-state index contributed by atoms with van der Waals surface area (Å²) in [6, 6.07) is 10.7. The van der Waals surface area contributed by atoms with E-state index in [1.807, 2.05) is 0 Å². The van der Waals surface area contributed by atoms with Crippen LogP contribution in [0.2, 0.25) is 0 Å². The second-order valence-electron chi connectivity index (χ2n) is 3.72. The molecule has 1 aliphatic rings. The normalized spacial score (nSPS) is 27.7. The summed E-state index contributed by atoms with van der Waals surface area (Å²) in [5.41, 5.74) is 2.24. The van der Waals surface area contributed by atoms with Crippen LogP contribution in [-0.4, -0.2) is 19.4 Å². The van der Waals surface area contributed by atoms with E-state index < -0.39 is 0 Å². The lowest BCUT2D eigenvalue weighted by Crippen LogP contribution is -2.04. The van der Waals surface area contributed by atoms with Crippen LogP contribution in [0.25, 0.3) is 0 Å². The van der Waals surface area contributed by atoms with Gasteiger partial charge in [-0.2, -0.15) is 7.80 Å². The van der Waals surface area contributed by atoms with Crippen molar-refractivity contribution in [2.75, 3.05) is 6.16 Å². The molecule has 2 radical (unpaired) electrons. The first kappa shape index (κ1) is 9.28. The summed E-state index contributed by atoms with van der Waals surface area (Å²) in [6.07, 6.45) is 5.17. The highest BCUT2D eigenvalue weighted by Gasteiger charge is 2.21. The summed E-state index contributed by atoms with van der Waals surface area (Å²) >= 11 is 0. The summed E-state index contributed by atoms with van der Waals surface area (Å²) in [6.45, 7) is 0. The topological polar surface area (TPSA) is 0 Å². The molecule has 1 unspecified atom stereocenters. The summed E-state index contributed by atoms with van der Waals surface area (Å²) in [5.74, 6) is 0. The molecule has 13 heavy (non-hydrogen) atoms. The van der Waals surface area contributed by atoms with Crippen molar-refractivity contribution in [3.63, 3.8) is 0 Å². The molecular weight excluding hydrogens is 174 g/mol. The van der Waals surface area contributed by atoms with E-state index in [2.05, 4.69) is 30.3 Å². The fraction of sp³-hybridized carbons (Fsp3) is 0.455. The molecule has 1 aliphatic heterocycles. The molecule has 1 heterocycles. The van der Waals surface area contributed by atoms with E-state index in [1.54, 1.807) is 0 Å². The van der Waals surface area contributed by atoms with E-state index in [0.29, 0.717) is 0 Å². The van der Waals surface area contributed by atoms with Crippen molar-refractivity contribution >= 4 is 15.4 Å². The summed E-state index contributed by atoms with van der Waals surface area (Å²) < 4.78 is 0. The van der Waals surface area contributed by atoms with Gasteiger partial charge in [0.25, 0.3) is 0 Å². The van der Waals surface area contributed by atoms with Crippen molar-refractivity contribution in [3.8, 4) is 0 Å². The highest BCUT2D eigenvalue weighted by atomic mass is 31.1. The molecule has 2 atom stereocenters. The molecular formula is C11H14BP. The molecule has 2 heteroatoms. The van der Waals surface area contributed by atoms with Crippen molar-refractivity contribution in [2.45, 2.75) is 24.9 Å². The highest BCUT2D eigenvalue weighted by molar-refractivity contribution is 7.82. The van der Waals surface area contributed by atoms with E-state index in [-0.39, 0.29) is 7.80 Å². The number of hydrogen-bond acceptors (Lipinski definition) is 0. The average Bonchev–Trinajstić information content (AvgIpc) is 2.54. The molecule has 0 nitrogen and oxygen atoms in total. The number of rotatable bonds is 2. The third kappa shape index (κ3) is 2.34. The molecule has 0 bridgehead atoms. The van der Waals surface area contributed by atoms with E-state index >= 15 is 0 Å². The van der Waals surface area contributed by atoms with Crippen LogP contribution in [0.5, 0.6) is 0 Å². The van der Waals surface area contributed by atoms with Gasteiger partial charge in [-0.25, -0.2) is 0 Å². The van der Waals surface area contributed by atoms with Crippen LogP contribution >= 0.6 is 7.80 Å². The smallest absolute Gasteiger partial charge is 0.109 e. The van der Waals surface area contributed by atoms with Crippen molar-refractivity contribution in [1.82, 2.24) is 0 Å². The maximum Gasteiger partial charge on any atom is 0.109 e. The Morgan fingerprint density at radius 2 is 2.08 bits per heavy atom. The van der Waals surface area contributed by atoms with Gasteiger partial charge in [-0.1, -0.05) is 30.3 Å². The summed E-state index contributed by atoms with van der Waals surface area (Å²) in [7, 11) is 5.94. The van der Waals surface area contributed by atoms with Crippen molar-refractivity contribution < 1.29 is 0 Å². The standard InChI is InChI=1S/C11H14BP/c12-13-8-4-7-11(13)9-10-5-2-1-3-6-10/h1-3,5-6,11H,4,7-9H2/t11-,13?/m0/s1. The SMILES string of the molecule is [B]P1CCC[C@H]1Cc1ccccc1. The van der Waals surface area contributed by atoms with Crippen LogP contribution in [0.3, 0.4) is 0 Å². The Balaban J connectivity index is 1.98. The van der Waals surface area contributed by atoms with Crippen LogP contribution in [0.1, 0.15) is 18.4 Å². The van der Waals surface area contributed by atoms with Gasteiger partial charge in [0.2, 0.25) is 0 Å². The quantitative estimate of drug-likeness (QED) is 0.494. The minimum atomic E-state index is -0.152. The Morgan fingerprint density at radius 3 is 2.69 bits per heavy atom. The van der Waals surface area contributed by atoms with Crippen molar-refractivity contribution in [2.24, 2.45) is 0 Å². The first-order valence-electron chi connectivity index (χ1n) is 4.91. The van der Waals surface area contributed by atoms with Gasteiger partial charge in [0.05, 0.1) is 0 Å². The Labute approximate surface area is 82.9 Å². The number of benzene rings is 1. The zero-order valence-corrected chi connectivity index (χ0v) is 8.71. The third-order valence-electron chi connectivity index (χ3n) is 2.74. The Kier molecular flexibility index (Phi) is 3.06. The fourth-order valence-corrected chi connectivity index (χ4v) is 3.84. The van der Waals surface area contributed by atoms with Crippen molar-refractivity contribution in [3.05, 3.63) is 35.9 Å². The Hall–Kier alpha value is -0.285. The third-order valence-corrected chi connectivity index (χ3v) is 4.95. The molecule has 0 saturated carbocycles. The summed E-state index contributed by atoms with van der Waals surface area (Å²) in [4.78, 5) is 0. The molecule has 1 fully saturated rings. The molecule has 0 aromatic heterocycles. The predicted octanol–water partition coefficient (Wildman–Crippen LogP) is 2.96. The maximum absolute atomic E-state index is 6.09. The van der Waals surface area contributed by atoms with Gasteiger partial charge in [0.1, 0.15) is 7.57 Å². The van der Waals surface area contributed by atoms with Gasteiger partial charge in [0, 0.05) is 0 Å². The van der Waals surface area contributed by atoms with E-state index in [1.165, 1.54) is 31.0 Å². The van der Waals surface area contributed by atoms with E-state index in [4.69, 9.17) is 7.57 Å². The van der Waals surface area contributed by atoms with Crippen LogP contribution in [0, 0.1) is 0 Å². The van der Waals surface area contributed by atoms with Crippen LogP contribution in [0.4, 0.5) is 0 Å². The van der Waals surface area contributed by atoms with Gasteiger partial charge in [-0.3, -0.25) is 0 Å². The summed E-state index contributed by atoms with van der Waals surface area (Å²) in [5, 5.41) is 0. The second-order valence-corrected chi connectivity index (χ2v) is 5.93. The Morgan fingerprint density at radius 1 is 1.31 bits per heavy atom. The lowest BCUT2D eigenvalue weighted by atomic mass is 10.1. The zero-order valence-electron chi connectivity index (χ0n) is 7.82. The molecule has 0 aliphatic carbocycles. The first-order valence-corrected chi connectivity index (χ1v) is 6.58. The molecule has 0 amide bonds. The van der Waals surface area contributed by atoms with Gasteiger partial charge in [0.15, 0.2) is 0 Å². The lowest BCUT2D eigenvalue weighted by Gasteiger charge is -2.15. The van der Waals surface area contributed by atoms with E-state index in [0.717, 1.165) is 5.66 Å². The Bertz CT molecular complexity index is 260. The highest BCUT2D eigenvalue weighted by Crippen LogP contribution is 2.46.